The lowest BCUT2D eigenvalue weighted by molar-refractivity contribution is -0.137. The number of amides is 1. The lowest BCUT2D eigenvalue weighted by Crippen LogP contribution is -2.16. The Kier molecular flexibility index (Phi) is 5.83. The molecule has 0 aliphatic rings. The fraction of sp³-hybridized carbons (Fsp3) is 0.111. The lowest BCUT2D eigenvalue weighted by atomic mass is 10.2. The molecule has 0 saturated carbocycles. The molecule has 10 heteroatoms. The van der Waals surface area contributed by atoms with Crippen LogP contribution >= 0.6 is 35.4 Å². The number of aromatic amines is 1. The van der Waals surface area contributed by atoms with Crippen molar-refractivity contribution in [1.82, 2.24) is 9.55 Å². The molecule has 3 rings (SSSR count). The highest BCUT2D eigenvalue weighted by atomic mass is 35.5. The molecular formula is C18H12Cl2F3N3OS. The maximum Gasteiger partial charge on any atom is 0.416 e. The van der Waals surface area contributed by atoms with E-state index in [1.807, 2.05) is 0 Å². The van der Waals surface area contributed by atoms with Gasteiger partial charge in [0.15, 0.2) is 4.77 Å². The number of nitrogens with zero attached hydrogens (tertiary/aromatic N) is 1. The molecule has 0 aliphatic heterocycles. The minimum atomic E-state index is -4.43. The average molecular weight is 446 g/mol. The Morgan fingerprint density at radius 3 is 2.29 bits per heavy atom. The summed E-state index contributed by atoms with van der Waals surface area (Å²) in [5, 5.41) is 3.38. The number of benzene rings is 2. The van der Waals surface area contributed by atoms with E-state index in [4.69, 9.17) is 35.4 Å². The van der Waals surface area contributed by atoms with Gasteiger partial charge >= 0.3 is 6.18 Å². The smallest absolute Gasteiger partial charge is 0.337 e. The van der Waals surface area contributed by atoms with Crippen molar-refractivity contribution in [3.8, 4) is 5.69 Å². The highest BCUT2D eigenvalue weighted by Gasteiger charge is 2.30. The summed E-state index contributed by atoms with van der Waals surface area (Å²) in [5.74, 6) is -0.421. The number of hydrogen-bond donors (Lipinski definition) is 2. The molecule has 28 heavy (non-hydrogen) atoms. The van der Waals surface area contributed by atoms with Gasteiger partial charge in [-0.05, 0) is 54.7 Å². The molecule has 146 valence electrons. The van der Waals surface area contributed by atoms with Crippen molar-refractivity contribution in [2.45, 2.75) is 12.6 Å². The monoisotopic (exact) mass is 445 g/mol. The van der Waals surface area contributed by atoms with E-state index in [1.54, 1.807) is 29.0 Å². The first-order chi connectivity index (χ1) is 13.1. The highest BCUT2D eigenvalue weighted by molar-refractivity contribution is 7.71. The van der Waals surface area contributed by atoms with Gasteiger partial charge in [-0.15, -0.1) is 0 Å². The molecule has 0 bridgehead atoms. The van der Waals surface area contributed by atoms with Gasteiger partial charge in [-0.1, -0.05) is 23.2 Å². The van der Waals surface area contributed by atoms with Gasteiger partial charge in [-0.3, -0.25) is 9.36 Å². The van der Waals surface area contributed by atoms with E-state index < -0.39 is 17.6 Å². The first-order valence-corrected chi connectivity index (χ1v) is 9.03. The summed E-state index contributed by atoms with van der Waals surface area (Å²) >= 11 is 17.3. The molecule has 0 saturated heterocycles. The van der Waals surface area contributed by atoms with E-state index in [2.05, 4.69) is 10.3 Å². The molecule has 0 atom stereocenters. The molecule has 0 unspecified atom stereocenters. The number of rotatable bonds is 4. The van der Waals surface area contributed by atoms with Gasteiger partial charge in [0.2, 0.25) is 5.91 Å². The molecule has 0 aliphatic carbocycles. The molecule has 2 N–H and O–H groups in total. The van der Waals surface area contributed by atoms with E-state index in [0.717, 1.165) is 12.1 Å². The van der Waals surface area contributed by atoms with Crippen molar-refractivity contribution in [2.24, 2.45) is 0 Å². The number of alkyl halides is 3. The van der Waals surface area contributed by atoms with E-state index in [9.17, 15) is 18.0 Å². The quantitative estimate of drug-likeness (QED) is 0.480. The van der Waals surface area contributed by atoms with Gasteiger partial charge in [-0.2, -0.15) is 13.2 Å². The van der Waals surface area contributed by atoms with Gasteiger partial charge < -0.3 is 10.3 Å². The number of hydrogen-bond acceptors (Lipinski definition) is 2. The fourth-order valence-electron chi connectivity index (χ4n) is 2.60. The Morgan fingerprint density at radius 2 is 1.71 bits per heavy atom. The normalized spacial score (nSPS) is 11.5. The third kappa shape index (κ3) is 4.76. The van der Waals surface area contributed by atoms with Crippen LogP contribution < -0.4 is 5.32 Å². The minimum absolute atomic E-state index is 0.0711. The van der Waals surface area contributed by atoms with Crippen LogP contribution in [0.15, 0.2) is 48.7 Å². The predicted octanol–water partition coefficient (Wildman–Crippen LogP) is 6.04. The van der Waals surface area contributed by atoms with Gasteiger partial charge in [0.05, 0.1) is 23.4 Å². The van der Waals surface area contributed by atoms with Crippen LogP contribution in [0.25, 0.3) is 5.69 Å². The molecule has 1 amide bonds. The molecule has 0 radical (unpaired) electrons. The van der Waals surface area contributed by atoms with Gasteiger partial charge in [0.25, 0.3) is 0 Å². The Hall–Kier alpha value is -2.29. The van der Waals surface area contributed by atoms with Crippen LogP contribution in [0.5, 0.6) is 0 Å². The Labute approximate surface area is 172 Å². The Morgan fingerprint density at radius 1 is 1.11 bits per heavy atom. The van der Waals surface area contributed by atoms with Crippen LogP contribution in [0.2, 0.25) is 10.0 Å². The van der Waals surface area contributed by atoms with Crippen LogP contribution in [0.1, 0.15) is 11.3 Å². The fourth-order valence-corrected chi connectivity index (χ4v) is 3.39. The molecule has 0 fully saturated rings. The molecule has 1 aromatic heterocycles. The van der Waals surface area contributed by atoms with Crippen molar-refractivity contribution >= 4 is 47.0 Å². The van der Waals surface area contributed by atoms with E-state index in [-0.39, 0.29) is 12.1 Å². The third-order valence-electron chi connectivity index (χ3n) is 3.80. The van der Waals surface area contributed by atoms with Crippen molar-refractivity contribution in [2.75, 3.05) is 5.32 Å². The van der Waals surface area contributed by atoms with E-state index in [0.29, 0.717) is 26.2 Å². The number of carbonyl (C=O) groups excluding carboxylic acids is 1. The van der Waals surface area contributed by atoms with E-state index in [1.165, 1.54) is 12.1 Å². The zero-order chi connectivity index (χ0) is 20.5. The third-order valence-corrected chi connectivity index (χ3v) is 4.53. The molecule has 0 spiro atoms. The van der Waals surface area contributed by atoms with Gasteiger partial charge in [-0.25, -0.2) is 0 Å². The largest absolute Gasteiger partial charge is 0.416 e. The minimum Gasteiger partial charge on any atom is -0.337 e. The number of halogens is 5. The second kappa shape index (κ2) is 7.98. The zero-order valence-electron chi connectivity index (χ0n) is 14.0. The second-order valence-electron chi connectivity index (χ2n) is 5.85. The standard InChI is InChI=1S/C18H12Cl2F3N3OS/c19-11-5-12(20)7-14(6-11)26-15(9-24-17(26)28)8-16(27)25-13-3-1-10(2-4-13)18(21,22)23/h1-7,9H,8H2,(H,24,28)(H,25,27). The summed E-state index contributed by atoms with van der Waals surface area (Å²) in [6.45, 7) is 0. The number of aromatic nitrogens is 2. The summed E-state index contributed by atoms with van der Waals surface area (Å²) < 4.78 is 39.8. The number of carbonyl (C=O) groups is 1. The highest BCUT2D eigenvalue weighted by Crippen LogP contribution is 2.30. The van der Waals surface area contributed by atoms with Crippen LogP contribution in [0.4, 0.5) is 18.9 Å². The van der Waals surface area contributed by atoms with Crippen molar-refractivity contribution in [1.29, 1.82) is 0 Å². The summed E-state index contributed by atoms with van der Waals surface area (Å²) in [6, 6.07) is 9.06. The number of H-pyrrole nitrogens is 1. The topological polar surface area (TPSA) is 49.8 Å². The van der Waals surface area contributed by atoms with Crippen molar-refractivity contribution < 1.29 is 18.0 Å². The SMILES string of the molecule is O=C(Cc1c[nH]c(=S)n1-c1cc(Cl)cc(Cl)c1)Nc1ccc(C(F)(F)F)cc1. The summed E-state index contributed by atoms with van der Waals surface area (Å²) in [7, 11) is 0. The predicted molar refractivity (Wildman–Crippen MR) is 105 cm³/mol. The summed E-state index contributed by atoms with van der Waals surface area (Å²) in [6.07, 6.45) is -2.93. The maximum absolute atomic E-state index is 12.6. The molecular weight excluding hydrogens is 434 g/mol. The van der Waals surface area contributed by atoms with Crippen LogP contribution in [0, 0.1) is 4.77 Å². The molecule has 2 aromatic carbocycles. The molecule has 4 nitrogen and oxygen atoms in total. The van der Waals surface area contributed by atoms with E-state index >= 15 is 0 Å². The number of anilines is 1. The lowest BCUT2D eigenvalue weighted by Gasteiger charge is -2.11. The Balaban J connectivity index is 1.79. The Bertz CT molecular complexity index is 1050. The summed E-state index contributed by atoms with van der Waals surface area (Å²) in [4.78, 5) is 15.2. The van der Waals surface area contributed by atoms with Gasteiger partial charge in [0, 0.05) is 21.9 Å². The summed E-state index contributed by atoms with van der Waals surface area (Å²) in [5.41, 5.74) is 0.584. The van der Waals surface area contributed by atoms with Crippen molar-refractivity contribution in [3.63, 3.8) is 0 Å². The van der Waals surface area contributed by atoms with Crippen molar-refractivity contribution in [3.05, 3.63) is 74.7 Å². The van der Waals surface area contributed by atoms with Crippen LogP contribution in [-0.4, -0.2) is 15.5 Å². The second-order valence-corrected chi connectivity index (χ2v) is 7.11. The number of imidazole rings is 1. The average Bonchev–Trinajstić information content (AvgIpc) is 2.93. The number of nitrogens with one attached hydrogen (secondary N) is 2. The maximum atomic E-state index is 12.6. The van der Waals surface area contributed by atoms with Gasteiger partial charge in [0.1, 0.15) is 0 Å². The first kappa shape index (κ1) is 20.4. The van der Waals surface area contributed by atoms with Crippen LogP contribution in [0.3, 0.4) is 0 Å². The zero-order valence-corrected chi connectivity index (χ0v) is 16.3. The molecule has 1 heterocycles. The van der Waals surface area contributed by atoms with Crippen LogP contribution in [-0.2, 0) is 17.4 Å². The molecule has 3 aromatic rings. The first-order valence-electron chi connectivity index (χ1n) is 7.86.